The van der Waals surface area contributed by atoms with Crippen LogP contribution < -0.4 is 15.5 Å². The summed E-state index contributed by atoms with van der Waals surface area (Å²) in [6, 6.07) is 5.48. The molecule has 2 N–H and O–H groups in total. The largest absolute Gasteiger partial charge is 0.338 e. The molecule has 1 aromatic carbocycles. The van der Waals surface area contributed by atoms with Gasteiger partial charge in [0, 0.05) is 26.2 Å². The van der Waals surface area contributed by atoms with Crippen LogP contribution in [0.1, 0.15) is 34.4 Å². The normalized spacial score (nSPS) is 14.4. The number of hydrogen-bond acceptors (Lipinski definition) is 9. The van der Waals surface area contributed by atoms with E-state index in [1.807, 2.05) is 26.0 Å². The molecule has 3 heterocycles. The van der Waals surface area contributed by atoms with Crippen LogP contribution in [0.4, 0.5) is 22.7 Å². The number of aromatic nitrogens is 4. The van der Waals surface area contributed by atoms with Crippen LogP contribution in [0.2, 0.25) is 5.02 Å². The molecule has 0 unspecified atom stereocenters. The Kier molecular flexibility index (Phi) is 7.36. The molecule has 3 aromatic rings. The summed E-state index contributed by atoms with van der Waals surface area (Å²) in [7, 11) is 0. The molecule has 1 amide bonds. The van der Waals surface area contributed by atoms with Gasteiger partial charge in [-0.1, -0.05) is 42.0 Å². The lowest BCUT2D eigenvalue weighted by Crippen LogP contribution is -2.47. The molecule has 2 aromatic heterocycles. The van der Waals surface area contributed by atoms with E-state index >= 15 is 0 Å². The fourth-order valence-electron chi connectivity index (χ4n) is 3.65. The highest BCUT2D eigenvalue weighted by Gasteiger charge is 2.20. The fourth-order valence-corrected chi connectivity index (χ4v) is 4.62. The van der Waals surface area contributed by atoms with Gasteiger partial charge in [-0.2, -0.15) is 15.0 Å². The van der Waals surface area contributed by atoms with E-state index in [0.29, 0.717) is 38.4 Å². The Hall–Kier alpha value is -2.82. The van der Waals surface area contributed by atoms with Crippen molar-refractivity contribution in [2.45, 2.75) is 27.2 Å². The lowest BCUT2D eigenvalue weighted by molar-refractivity contribution is 0.103. The Morgan fingerprint density at radius 1 is 1.15 bits per heavy atom. The predicted molar refractivity (Wildman–Crippen MR) is 133 cm³/mol. The maximum absolute atomic E-state index is 12.7. The average molecular weight is 487 g/mol. The number of anilines is 4. The van der Waals surface area contributed by atoms with E-state index in [0.717, 1.165) is 44.7 Å². The van der Waals surface area contributed by atoms with E-state index in [1.54, 1.807) is 6.07 Å². The Balaban J connectivity index is 1.43. The number of benzene rings is 1. The summed E-state index contributed by atoms with van der Waals surface area (Å²) in [6.07, 6.45) is 2.68. The van der Waals surface area contributed by atoms with Gasteiger partial charge in [-0.25, -0.2) is 4.98 Å². The molecule has 174 valence electrons. The maximum Gasteiger partial charge on any atom is 0.267 e. The molecule has 1 saturated heterocycles. The average Bonchev–Trinajstić information content (AvgIpc) is 3.25. The minimum absolute atomic E-state index is 0.269. The van der Waals surface area contributed by atoms with Gasteiger partial charge in [0.05, 0.1) is 16.9 Å². The molecule has 4 rings (SSSR count). The van der Waals surface area contributed by atoms with Crippen LogP contribution in [0.3, 0.4) is 0 Å². The van der Waals surface area contributed by atoms with Gasteiger partial charge in [-0.05, 0) is 38.4 Å². The fraction of sp³-hybridized carbons (Fsp3) is 0.409. The van der Waals surface area contributed by atoms with E-state index in [4.69, 9.17) is 11.6 Å². The first-order valence-electron chi connectivity index (χ1n) is 10.9. The second kappa shape index (κ2) is 10.4. The summed E-state index contributed by atoms with van der Waals surface area (Å²) in [5, 5.41) is 7.01. The van der Waals surface area contributed by atoms with Crippen molar-refractivity contribution in [3.8, 4) is 0 Å². The number of aryl methyl sites for hydroxylation is 2. The molecule has 11 heteroatoms. The van der Waals surface area contributed by atoms with Gasteiger partial charge >= 0.3 is 0 Å². The molecular weight excluding hydrogens is 460 g/mol. The summed E-state index contributed by atoms with van der Waals surface area (Å²) in [5.41, 5.74) is 1.49. The molecule has 1 fully saturated rings. The third kappa shape index (κ3) is 5.76. The number of piperazine rings is 1. The lowest BCUT2D eigenvalue weighted by Gasteiger charge is -2.34. The highest BCUT2D eigenvalue weighted by atomic mass is 35.5. The van der Waals surface area contributed by atoms with E-state index < -0.39 is 0 Å². The first-order valence-corrected chi connectivity index (χ1v) is 12.1. The second-order valence-electron chi connectivity index (χ2n) is 7.88. The van der Waals surface area contributed by atoms with Crippen molar-refractivity contribution in [1.82, 2.24) is 24.8 Å². The van der Waals surface area contributed by atoms with E-state index in [-0.39, 0.29) is 5.91 Å². The van der Waals surface area contributed by atoms with Gasteiger partial charge in [0.25, 0.3) is 5.91 Å². The van der Waals surface area contributed by atoms with Crippen LogP contribution in [0.15, 0.2) is 24.4 Å². The number of carbonyl (C=O) groups is 1. The quantitative estimate of drug-likeness (QED) is 0.514. The first-order chi connectivity index (χ1) is 15.9. The van der Waals surface area contributed by atoms with E-state index in [9.17, 15) is 4.79 Å². The second-order valence-corrected chi connectivity index (χ2v) is 9.31. The highest BCUT2D eigenvalue weighted by molar-refractivity contribution is 7.17. The maximum atomic E-state index is 12.7. The zero-order chi connectivity index (χ0) is 23.4. The number of thiazole rings is 1. The minimum atomic E-state index is -0.269. The molecule has 33 heavy (non-hydrogen) atoms. The van der Waals surface area contributed by atoms with Gasteiger partial charge in [0.1, 0.15) is 10.7 Å². The number of para-hydroxylation sites is 1. The number of nitrogens with one attached hydrogen (secondary N) is 2. The summed E-state index contributed by atoms with van der Waals surface area (Å²) in [4.78, 5) is 35.6. The van der Waals surface area contributed by atoms with Gasteiger partial charge in [0.15, 0.2) is 5.13 Å². The van der Waals surface area contributed by atoms with Crippen LogP contribution in [-0.4, -0.2) is 63.5 Å². The zero-order valence-electron chi connectivity index (χ0n) is 18.9. The Morgan fingerprint density at radius 3 is 2.67 bits per heavy atom. The summed E-state index contributed by atoms with van der Waals surface area (Å²) in [6.45, 7) is 10.8. The predicted octanol–water partition coefficient (Wildman–Crippen LogP) is 4.13. The summed E-state index contributed by atoms with van der Waals surface area (Å²) >= 11 is 7.44. The summed E-state index contributed by atoms with van der Waals surface area (Å²) < 4.78 is 0. The first kappa shape index (κ1) is 23.3. The van der Waals surface area contributed by atoms with E-state index in [1.165, 1.54) is 17.5 Å². The minimum Gasteiger partial charge on any atom is -0.338 e. The Labute approximate surface area is 202 Å². The monoisotopic (exact) mass is 486 g/mol. The molecule has 0 saturated carbocycles. The third-order valence-electron chi connectivity index (χ3n) is 5.34. The van der Waals surface area contributed by atoms with Crippen molar-refractivity contribution in [3.05, 3.63) is 45.7 Å². The summed E-state index contributed by atoms with van der Waals surface area (Å²) in [5.74, 6) is 1.43. The number of carbonyl (C=O) groups excluding carboxylic acids is 1. The van der Waals surface area contributed by atoms with Crippen molar-refractivity contribution in [2.75, 3.05) is 48.3 Å². The molecule has 0 radical (unpaired) electrons. The number of halogens is 1. The van der Waals surface area contributed by atoms with Crippen LogP contribution >= 0.6 is 22.9 Å². The number of hydrogen-bond donors (Lipinski definition) is 2. The molecule has 0 spiro atoms. The molecule has 0 aliphatic carbocycles. The van der Waals surface area contributed by atoms with Crippen molar-refractivity contribution in [2.24, 2.45) is 0 Å². The molecule has 9 nitrogen and oxygen atoms in total. The van der Waals surface area contributed by atoms with Gasteiger partial charge in [-0.3, -0.25) is 15.0 Å². The van der Waals surface area contributed by atoms with Crippen LogP contribution in [0.25, 0.3) is 0 Å². The molecule has 0 bridgehead atoms. The van der Waals surface area contributed by atoms with Gasteiger partial charge in [0.2, 0.25) is 11.9 Å². The smallest absolute Gasteiger partial charge is 0.267 e. The van der Waals surface area contributed by atoms with Crippen LogP contribution in [-0.2, 0) is 0 Å². The lowest BCUT2D eigenvalue weighted by atomic mass is 10.2. The Morgan fingerprint density at radius 2 is 1.94 bits per heavy atom. The molecule has 1 aliphatic heterocycles. The van der Waals surface area contributed by atoms with Crippen molar-refractivity contribution < 1.29 is 4.79 Å². The zero-order valence-corrected chi connectivity index (χ0v) is 20.5. The van der Waals surface area contributed by atoms with Crippen LogP contribution in [0.5, 0.6) is 0 Å². The van der Waals surface area contributed by atoms with Crippen molar-refractivity contribution >= 4 is 51.6 Å². The Bertz CT molecular complexity index is 1110. The standard InChI is InChI=1S/C22H27ClN8OS/c1-4-8-30-9-11-31(12-10-30)21-26-15(3)25-20(28-21)29-22-24-13-17(33-22)19(32)27-18-14(2)6-5-7-16(18)23/h5-7,13H,4,8-12H2,1-3H3,(H,27,32)(H,24,25,26,28,29). The number of amides is 1. The topological polar surface area (TPSA) is 99.2 Å². The van der Waals surface area contributed by atoms with Gasteiger partial charge in [-0.15, -0.1) is 0 Å². The van der Waals surface area contributed by atoms with Crippen molar-refractivity contribution in [1.29, 1.82) is 0 Å². The number of nitrogens with zero attached hydrogens (tertiary/aromatic N) is 6. The molecular formula is C22H27ClN8OS. The molecule has 0 atom stereocenters. The third-order valence-corrected chi connectivity index (χ3v) is 6.57. The van der Waals surface area contributed by atoms with Crippen LogP contribution in [0, 0.1) is 13.8 Å². The highest BCUT2D eigenvalue weighted by Crippen LogP contribution is 2.28. The van der Waals surface area contributed by atoms with Crippen molar-refractivity contribution in [3.63, 3.8) is 0 Å². The van der Waals surface area contributed by atoms with E-state index in [2.05, 4.69) is 47.3 Å². The molecule has 1 aliphatic rings. The van der Waals surface area contributed by atoms with Gasteiger partial charge < -0.3 is 10.2 Å². The SMILES string of the molecule is CCCN1CCN(c2nc(C)nc(Nc3ncc(C(=O)Nc4c(C)cccc4Cl)s3)n2)CC1. The number of rotatable bonds is 7.